The molecule has 17 heavy (non-hydrogen) atoms. The molecule has 0 radical (unpaired) electrons. The van der Waals surface area contributed by atoms with Gasteiger partial charge in [0.15, 0.2) is 0 Å². The molecule has 0 spiro atoms. The maximum absolute atomic E-state index is 11.4. The summed E-state index contributed by atoms with van der Waals surface area (Å²) in [5.41, 5.74) is 0. The summed E-state index contributed by atoms with van der Waals surface area (Å²) in [5, 5.41) is 13.0. The lowest BCUT2D eigenvalue weighted by Crippen LogP contribution is -2.34. The fraction of sp³-hybridized carbons (Fsp3) is 0.500. The van der Waals surface area contributed by atoms with E-state index < -0.39 is 6.09 Å². The van der Waals surface area contributed by atoms with Crippen LogP contribution < -0.4 is 10.6 Å². The molecule has 0 fully saturated rings. The normalized spacial score (nSPS) is 9.12. The van der Waals surface area contributed by atoms with Crippen LogP contribution in [0.15, 0.2) is 0 Å². The predicted molar refractivity (Wildman–Crippen MR) is 64.0 cm³/mol. The van der Waals surface area contributed by atoms with Gasteiger partial charge in [-0.25, -0.2) is 4.79 Å². The first-order chi connectivity index (χ1) is 8.10. The van der Waals surface area contributed by atoms with Gasteiger partial charge in [0.25, 0.3) is 0 Å². The van der Waals surface area contributed by atoms with Crippen LogP contribution >= 0.6 is 0 Å². The van der Waals surface area contributed by atoms with Crippen molar-refractivity contribution in [3.05, 3.63) is 0 Å². The topological polar surface area (TPSA) is 78.4 Å². The van der Waals surface area contributed by atoms with Crippen LogP contribution in [0.2, 0.25) is 0 Å². The van der Waals surface area contributed by atoms with Crippen molar-refractivity contribution in [3.8, 4) is 24.7 Å². The van der Waals surface area contributed by atoms with Gasteiger partial charge in [0, 0.05) is 32.4 Å². The van der Waals surface area contributed by atoms with E-state index in [0.717, 1.165) is 0 Å². The Kier molecular flexibility index (Phi) is 7.97. The first kappa shape index (κ1) is 14.9. The summed E-state index contributed by atoms with van der Waals surface area (Å²) in [7, 11) is 0. The van der Waals surface area contributed by atoms with Crippen LogP contribution in [0, 0.1) is 30.6 Å². The molecule has 0 aliphatic carbocycles. The van der Waals surface area contributed by atoms with E-state index in [1.807, 2.05) is 0 Å². The van der Waals surface area contributed by atoms with Gasteiger partial charge < -0.3 is 15.7 Å². The van der Waals surface area contributed by atoms with E-state index >= 15 is 0 Å². The lowest BCUT2D eigenvalue weighted by Gasteiger charge is -2.11. The lowest BCUT2D eigenvalue weighted by atomic mass is 9.98. The molecule has 0 aromatic rings. The average molecular weight is 236 g/mol. The number of terminal acetylenes is 2. The van der Waals surface area contributed by atoms with Gasteiger partial charge in [0.2, 0.25) is 5.91 Å². The van der Waals surface area contributed by atoms with Gasteiger partial charge in [-0.2, -0.15) is 0 Å². The monoisotopic (exact) mass is 236 g/mol. The van der Waals surface area contributed by atoms with Crippen LogP contribution in [0.5, 0.6) is 0 Å². The van der Waals surface area contributed by atoms with E-state index in [2.05, 4.69) is 22.5 Å². The van der Waals surface area contributed by atoms with Crippen LogP contribution in [0.4, 0.5) is 4.79 Å². The minimum atomic E-state index is -1.11. The quantitative estimate of drug-likeness (QED) is 0.443. The van der Waals surface area contributed by atoms with E-state index in [1.54, 1.807) is 0 Å². The molecule has 0 aromatic heterocycles. The van der Waals surface area contributed by atoms with E-state index in [1.165, 1.54) is 0 Å². The Hall–Kier alpha value is -2.14. The van der Waals surface area contributed by atoms with Crippen molar-refractivity contribution in [2.75, 3.05) is 13.1 Å². The molecule has 5 nitrogen and oxygen atoms in total. The van der Waals surface area contributed by atoms with Crippen molar-refractivity contribution in [1.82, 2.24) is 10.6 Å². The molecule has 0 saturated heterocycles. The maximum Gasteiger partial charge on any atom is 0.404 e. The number of nitrogens with one attached hydrogen (secondary N) is 2. The van der Waals surface area contributed by atoms with Gasteiger partial charge in [-0.05, 0) is 5.92 Å². The molecule has 0 saturated carbocycles. The highest BCUT2D eigenvalue weighted by Crippen LogP contribution is 2.11. The van der Waals surface area contributed by atoms with Crippen LogP contribution in [0.3, 0.4) is 0 Å². The molecule has 0 aliphatic heterocycles. The van der Waals surface area contributed by atoms with E-state index in [-0.39, 0.29) is 31.3 Å². The molecule has 3 N–H and O–H groups in total. The van der Waals surface area contributed by atoms with Gasteiger partial charge in [-0.15, -0.1) is 24.7 Å². The summed E-state index contributed by atoms with van der Waals surface area (Å²) in [6.45, 7) is 0.431. The minimum absolute atomic E-state index is 0.0163. The van der Waals surface area contributed by atoms with Crippen LogP contribution in [0.25, 0.3) is 0 Å². The van der Waals surface area contributed by atoms with Gasteiger partial charge in [-0.3, -0.25) is 4.79 Å². The van der Waals surface area contributed by atoms with Crippen molar-refractivity contribution >= 4 is 12.0 Å². The lowest BCUT2D eigenvalue weighted by molar-refractivity contribution is -0.121. The molecule has 0 aliphatic rings. The first-order valence-electron chi connectivity index (χ1n) is 5.20. The summed E-state index contributed by atoms with van der Waals surface area (Å²) in [6.07, 6.45) is 10.4. The summed E-state index contributed by atoms with van der Waals surface area (Å²) in [5.74, 6) is 4.76. The zero-order chi connectivity index (χ0) is 13.1. The molecule has 92 valence electrons. The van der Waals surface area contributed by atoms with Gasteiger partial charge in [0.05, 0.1) is 0 Å². The Balaban J connectivity index is 3.79. The van der Waals surface area contributed by atoms with Crippen molar-refractivity contribution in [1.29, 1.82) is 0 Å². The molecule has 0 unspecified atom stereocenters. The molecule has 0 atom stereocenters. The maximum atomic E-state index is 11.4. The summed E-state index contributed by atoms with van der Waals surface area (Å²) < 4.78 is 0. The highest BCUT2D eigenvalue weighted by atomic mass is 16.4. The van der Waals surface area contributed by atoms with Crippen molar-refractivity contribution in [3.63, 3.8) is 0 Å². The van der Waals surface area contributed by atoms with E-state index in [0.29, 0.717) is 12.8 Å². The molecule has 0 heterocycles. The highest BCUT2D eigenvalue weighted by molar-refractivity contribution is 5.76. The summed E-state index contributed by atoms with van der Waals surface area (Å²) in [6, 6.07) is 0. The molecular formula is C12H16N2O3. The van der Waals surface area contributed by atoms with Crippen LogP contribution in [-0.4, -0.2) is 30.2 Å². The Morgan fingerprint density at radius 3 is 2.12 bits per heavy atom. The highest BCUT2D eigenvalue weighted by Gasteiger charge is 2.11. The number of carboxylic acid groups (broad SMARTS) is 1. The Morgan fingerprint density at radius 2 is 1.65 bits per heavy atom. The molecule has 2 amide bonds. The van der Waals surface area contributed by atoms with Crippen LogP contribution in [0.1, 0.15) is 19.3 Å². The summed E-state index contributed by atoms with van der Waals surface area (Å²) in [4.78, 5) is 21.5. The SMILES string of the molecule is C#CCC(CC#C)CC(=O)NCCNC(=O)O. The first-order valence-corrected chi connectivity index (χ1v) is 5.20. The van der Waals surface area contributed by atoms with Crippen molar-refractivity contribution in [2.45, 2.75) is 19.3 Å². The van der Waals surface area contributed by atoms with Gasteiger partial charge in [0.1, 0.15) is 0 Å². The smallest absolute Gasteiger partial charge is 0.404 e. The fourth-order valence-corrected chi connectivity index (χ4v) is 1.26. The van der Waals surface area contributed by atoms with E-state index in [9.17, 15) is 9.59 Å². The second kappa shape index (κ2) is 9.11. The van der Waals surface area contributed by atoms with Gasteiger partial charge in [-0.1, -0.05) is 0 Å². The Bertz CT molecular complexity index is 323. The minimum Gasteiger partial charge on any atom is -0.465 e. The molecule has 0 aromatic carbocycles. The third-order valence-corrected chi connectivity index (χ3v) is 2.01. The number of carbonyl (C=O) groups excluding carboxylic acids is 1. The number of hydrogen-bond donors (Lipinski definition) is 3. The Morgan fingerprint density at radius 1 is 1.12 bits per heavy atom. The largest absolute Gasteiger partial charge is 0.465 e. The predicted octanol–water partition coefficient (Wildman–Crippen LogP) is 0.423. The number of carbonyl (C=O) groups is 2. The van der Waals surface area contributed by atoms with Gasteiger partial charge >= 0.3 is 6.09 Å². The average Bonchev–Trinajstić information content (AvgIpc) is 2.25. The van der Waals surface area contributed by atoms with Crippen molar-refractivity contribution < 1.29 is 14.7 Å². The van der Waals surface area contributed by atoms with Crippen LogP contribution in [-0.2, 0) is 4.79 Å². The third kappa shape index (κ3) is 8.83. The summed E-state index contributed by atoms with van der Waals surface area (Å²) >= 11 is 0. The molecule has 0 rings (SSSR count). The second-order valence-corrected chi connectivity index (χ2v) is 3.47. The zero-order valence-corrected chi connectivity index (χ0v) is 9.53. The van der Waals surface area contributed by atoms with E-state index in [4.69, 9.17) is 18.0 Å². The second-order valence-electron chi connectivity index (χ2n) is 3.47. The molecule has 5 heteroatoms. The molecular weight excluding hydrogens is 220 g/mol. The molecule has 0 bridgehead atoms. The number of hydrogen-bond acceptors (Lipinski definition) is 2. The Labute approximate surface area is 101 Å². The zero-order valence-electron chi connectivity index (χ0n) is 9.53. The fourth-order valence-electron chi connectivity index (χ4n) is 1.26. The number of amides is 2. The standard InChI is InChI=1S/C12H16N2O3/c1-3-5-10(6-4-2)9-11(15)13-7-8-14-12(16)17/h1-2,10,14H,5-9H2,(H,13,15)(H,16,17). The third-order valence-electron chi connectivity index (χ3n) is 2.01. The number of rotatable bonds is 7. The van der Waals surface area contributed by atoms with Crippen molar-refractivity contribution in [2.24, 2.45) is 5.92 Å².